The van der Waals surface area contributed by atoms with Crippen LogP contribution in [0.25, 0.3) is 44.5 Å². The van der Waals surface area contributed by atoms with Crippen LogP contribution < -0.4 is 31.1 Å². The van der Waals surface area contributed by atoms with Gasteiger partial charge in [-0.1, -0.05) is 241 Å². The first-order chi connectivity index (χ1) is 46.9. The van der Waals surface area contributed by atoms with Gasteiger partial charge in [-0.3, -0.25) is 0 Å². The summed E-state index contributed by atoms with van der Waals surface area (Å²) in [6, 6.07) is 85.9. The summed E-state index contributed by atoms with van der Waals surface area (Å²) in [5.41, 5.74) is 37.8. The molecule has 474 valence electrons. The van der Waals surface area contributed by atoms with Gasteiger partial charge >= 0.3 is 0 Å². The number of nitrogens with zero attached hydrogens (tertiary/aromatic N) is 3. The fourth-order valence-corrected chi connectivity index (χ4v) is 17.4. The third-order valence-corrected chi connectivity index (χ3v) is 22.8. The first-order valence-electron chi connectivity index (χ1n) is 36.8. The molecule has 0 fully saturated rings. The highest BCUT2D eigenvalue weighted by Gasteiger charge is 2.47. The lowest BCUT2D eigenvalue weighted by Gasteiger charge is -2.46. The lowest BCUT2D eigenvalue weighted by Crippen LogP contribution is -2.61. The average molecular weight is 1280 g/mol. The Labute approximate surface area is 611 Å². The molecule has 0 aromatic heterocycles. The Morgan fingerprint density at radius 1 is 0.320 bits per heavy atom. The zero-order valence-electron chi connectivity index (χ0n) is 63.7. The van der Waals surface area contributed by atoms with E-state index in [2.05, 4.69) is 399 Å². The van der Waals surface area contributed by atoms with E-state index in [0.717, 1.165) is 22.7 Å². The van der Waals surface area contributed by atoms with Gasteiger partial charge in [0, 0.05) is 62.0 Å². The van der Waals surface area contributed by atoms with Crippen molar-refractivity contribution < 1.29 is 0 Å². The maximum Gasteiger partial charge on any atom is 0.252 e. The SMILES string of the molecule is BC(B)(B)c1cc2c3c(c1)N(c1ccc4c(c1)C(C)(C)c1ccccc1-4)c1cc(C(C)(C)C)ccc1B3c1ccc(N(c3cc(C(B)(B)B)c(-c4ccccc4)c(C(B)(B)B)c3)c3cc(C(B)(B)B)c(-c4ccccc4)c(C(B)(B)B)c3)cc1N2c1ccc2c(c1)C(C)(C)c1ccccc1-2. The Kier molecular flexibility index (Phi) is 15.7. The van der Waals surface area contributed by atoms with Gasteiger partial charge in [0.25, 0.3) is 6.71 Å². The highest BCUT2D eigenvalue weighted by atomic mass is 15.2. The summed E-state index contributed by atoms with van der Waals surface area (Å²) in [5.74, 6) is 0. The van der Waals surface area contributed by atoms with E-state index in [4.69, 9.17) is 0 Å². The molecule has 15 rings (SSSR count). The van der Waals surface area contributed by atoms with Crippen molar-refractivity contribution in [1.29, 1.82) is 0 Å². The zero-order chi connectivity index (χ0) is 71.1. The first kappa shape index (κ1) is 67.7. The van der Waals surface area contributed by atoms with Crippen molar-refractivity contribution in [3.8, 4) is 44.5 Å². The molecule has 0 N–H and O–H groups in total. The number of fused-ring (bicyclic) bond motifs is 10. The minimum Gasteiger partial charge on any atom is -0.311 e. The highest BCUT2D eigenvalue weighted by Crippen LogP contribution is 2.56. The van der Waals surface area contributed by atoms with Crippen molar-refractivity contribution in [2.24, 2.45) is 0 Å². The molecule has 0 radical (unpaired) electrons. The van der Waals surface area contributed by atoms with Crippen LogP contribution in [0.3, 0.4) is 0 Å². The standard InChI is InChI=1S/C81H87B16N3/c1-74(2,3)46-26-32-65-67(34-46)99(48-27-30-55-53-22-14-16-24-57(53)75(4,5)59(55)37-48)69-35-47(77(82,83)84)36-70-73(69)97(65)66-33-29-50(43-68(66)100(70)49-28-31-56-54-23-15-17-25-58(54)76(6,7)60(56)38-49)98(51-39-61(78(85,86)87)71(44-18-10-8-11-19-44)62(40-51)79(88,89)90)52-41-63(80(91,92)93)72(45-20-12-9-13-21-45)64(42-52)81(94,95)96/h8-43H,82-96H2,1-7H3. The van der Waals surface area contributed by atoms with Gasteiger partial charge in [0.1, 0.15) is 0 Å². The molecular formula is C81H87B16N3. The predicted molar refractivity (Wildman–Crippen MR) is 476 cm³/mol. The maximum atomic E-state index is 2.70. The number of hydrogen-bond donors (Lipinski definition) is 0. The normalized spacial score (nSPS) is 14.8. The number of hydrogen-bond acceptors (Lipinski definition) is 3. The summed E-state index contributed by atoms with van der Waals surface area (Å²) >= 11 is 0. The molecule has 0 atom stereocenters. The molecule has 11 aromatic carbocycles. The van der Waals surface area contributed by atoms with Crippen LogP contribution in [-0.4, -0.2) is 124 Å². The number of benzene rings is 11. The second-order valence-corrected chi connectivity index (χ2v) is 36.7. The van der Waals surface area contributed by atoms with Crippen molar-refractivity contribution >= 4 is 192 Å². The maximum absolute atomic E-state index is 2.70. The van der Waals surface area contributed by atoms with Crippen LogP contribution in [-0.2, 0) is 41.8 Å². The summed E-state index contributed by atoms with van der Waals surface area (Å²) in [5, 5.41) is -1.14. The summed E-state index contributed by atoms with van der Waals surface area (Å²) in [4.78, 5) is 8.04. The zero-order valence-corrected chi connectivity index (χ0v) is 63.7. The van der Waals surface area contributed by atoms with Crippen molar-refractivity contribution in [3.63, 3.8) is 0 Å². The van der Waals surface area contributed by atoms with E-state index in [1.54, 1.807) is 0 Å². The lowest BCUT2D eigenvalue weighted by molar-refractivity contribution is 0.590. The highest BCUT2D eigenvalue weighted by molar-refractivity contribution is 7.00. The van der Waals surface area contributed by atoms with Crippen LogP contribution in [0.15, 0.2) is 218 Å². The van der Waals surface area contributed by atoms with Crippen LogP contribution in [0.5, 0.6) is 0 Å². The molecular weight excluding hydrogens is 1190 g/mol. The van der Waals surface area contributed by atoms with Crippen molar-refractivity contribution in [2.75, 3.05) is 14.7 Å². The fourth-order valence-electron chi connectivity index (χ4n) is 17.4. The summed E-state index contributed by atoms with van der Waals surface area (Å²) < 4.78 is 0. The van der Waals surface area contributed by atoms with Crippen molar-refractivity contribution in [1.82, 2.24) is 0 Å². The minimum absolute atomic E-state index is 0.111. The molecule has 0 saturated heterocycles. The monoisotopic (exact) mass is 1280 g/mol. The van der Waals surface area contributed by atoms with E-state index in [1.807, 2.05) is 0 Å². The molecule has 0 saturated carbocycles. The Hall–Kier alpha value is -8.14. The largest absolute Gasteiger partial charge is 0.311 e. The number of anilines is 9. The molecule has 2 heterocycles. The third kappa shape index (κ3) is 11.0. The second-order valence-electron chi connectivity index (χ2n) is 36.7. The minimum atomic E-state index is -0.237. The van der Waals surface area contributed by atoms with Gasteiger partial charge in [-0.05, 0) is 173 Å². The summed E-state index contributed by atoms with van der Waals surface area (Å²) in [6.07, 6.45) is 0. The molecule has 2 aliphatic carbocycles. The average Bonchev–Trinajstić information content (AvgIpc) is 1.19. The Morgan fingerprint density at radius 2 is 0.680 bits per heavy atom. The molecule has 0 bridgehead atoms. The van der Waals surface area contributed by atoms with Gasteiger partial charge in [0.15, 0.2) is 0 Å². The Bertz CT molecular complexity index is 5000. The first-order valence-corrected chi connectivity index (χ1v) is 36.8. The number of rotatable bonds is 12. The molecule has 0 spiro atoms. The summed E-state index contributed by atoms with van der Waals surface area (Å²) in [6.45, 7) is 16.7. The Balaban J connectivity index is 1.07. The van der Waals surface area contributed by atoms with Gasteiger partial charge in [0.2, 0.25) is 0 Å². The van der Waals surface area contributed by atoms with E-state index >= 15 is 0 Å². The van der Waals surface area contributed by atoms with Crippen molar-refractivity contribution in [2.45, 2.75) is 90.3 Å². The van der Waals surface area contributed by atoms with E-state index in [9.17, 15) is 0 Å². The molecule has 0 amide bonds. The van der Waals surface area contributed by atoms with Crippen LogP contribution in [0.4, 0.5) is 51.2 Å². The van der Waals surface area contributed by atoms with Crippen LogP contribution >= 0.6 is 0 Å². The Morgan fingerprint density at radius 3 is 1.07 bits per heavy atom. The van der Waals surface area contributed by atoms with Crippen LogP contribution in [0.1, 0.15) is 104 Å². The van der Waals surface area contributed by atoms with Crippen molar-refractivity contribution in [3.05, 3.63) is 274 Å². The van der Waals surface area contributed by atoms with Crippen LogP contribution in [0.2, 0.25) is 0 Å². The molecule has 11 aromatic rings. The lowest BCUT2D eigenvalue weighted by atomic mass is 9.32. The molecule has 19 heteroatoms. The van der Waals surface area contributed by atoms with Crippen LogP contribution in [0, 0.1) is 0 Å². The molecule has 3 nitrogen and oxygen atoms in total. The van der Waals surface area contributed by atoms with E-state index < -0.39 is 0 Å². The quantitative estimate of drug-likeness (QED) is 0.174. The molecule has 2 aliphatic heterocycles. The van der Waals surface area contributed by atoms with Gasteiger partial charge in [-0.2, -0.15) is 0 Å². The van der Waals surface area contributed by atoms with E-state index in [0.29, 0.717) is 0 Å². The van der Waals surface area contributed by atoms with Gasteiger partial charge in [-0.25, -0.2) is 0 Å². The topological polar surface area (TPSA) is 9.72 Å². The molecule has 100 heavy (non-hydrogen) atoms. The third-order valence-electron chi connectivity index (χ3n) is 22.8. The second kappa shape index (κ2) is 23.2. The predicted octanol–water partition coefficient (Wildman–Crippen LogP) is 3.53. The van der Waals surface area contributed by atoms with Gasteiger partial charge < -0.3 is 14.7 Å². The smallest absolute Gasteiger partial charge is 0.252 e. The van der Waals surface area contributed by atoms with Gasteiger partial charge in [0.05, 0.1) is 118 Å². The van der Waals surface area contributed by atoms with Gasteiger partial charge in [-0.15, -0.1) is 0 Å². The fraction of sp³-hybridized carbons (Fsp3) is 0.185. The van der Waals surface area contributed by atoms with E-state index in [1.165, 1.54) is 145 Å². The molecule has 4 aliphatic rings. The van der Waals surface area contributed by atoms with E-state index in [-0.39, 0.29) is 48.5 Å². The summed E-state index contributed by atoms with van der Waals surface area (Å²) in [7, 11) is 36.1. The molecule has 0 unspecified atom stereocenters.